The number of ether oxygens (including phenoxy) is 1. The highest BCUT2D eigenvalue weighted by Gasteiger charge is 2.24. The molecule has 11 heteroatoms. The van der Waals surface area contributed by atoms with E-state index in [2.05, 4.69) is 20.7 Å². The van der Waals surface area contributed by atoms with E-state index in [0.717, 1.165) is 46.5 Å². The molecule has 0 N–H and O–H groups in total. The second kappa shape index (κ2) is 11.4. The molecule has 4 rings (SSSR count). The summed E-state index contributed by atoms with van der Waals surface area (Å²) >= 11 is 1.44. The molecule has 1 aromatic heterocycles. The van der Waals surface area contributed by atoms with E-state index in [1.54, 1.807) is 12.1 Å². The summed E-state index contributed by atoms with van der Waals surface area (Å²) in [6, 6.07) is 13.5. The first-order valence-electron chi connectivity index (χ1n) is 12.2. The van der Waals surface area contributed by atoms with Gasteiger partial charge in [0, 0.05) is 37.4 Å². The van der Waals surface area contributed by atoms with Crippen molar-refractivity contribution in [3.63, 3.8) is 0 Å². The molecule has 0 saturated heterocycles. The van der Waals surface area contributed by atoms with Crippen LogP contribution >= 0.6 is 11.3 Å². The van der Waals surface area contributed by atoms with E-state index in [4.69, 9.17) is 4.74 Å². The first-order valence-corrected chi connectivity index (χ1v) is 14.7. The van der Waals surface area contributed by atoms with Crippen molar-refractivity contribution in [1.82, 2.24) is 15.1 Å². The highest BCUT2D eigenvalue weighted by Crippen LogP contribution is 2.39. The number of rotatable bonds is 8. The Balaban J connectivity index is 1.61. The number of fused-ring (bicyclic) bond motifs is 1. The first kappa shape index (κ1) is 27.4. The van der Waals surface area contributed by atoms with Gasteiger partial charge in [0.25, 0.3) is 10.0 Å². The van der Waals surface area contributed by atoms with E-state index in [1.165, 1.54) is 36.5 Å². The van der Waals surface area contributed by atoms with Gasteiger partial charge in [0.1, 0.15) is 27.6 Å². The van der Waals surface area contributed by atoms with Crippen molar-refractivity contribution >= 4 is 33.5 Å². The molecule has 0 bridgehead atoms. The average Bonchev–Trinajstić information content (AvgIpc) is 3.37. The first-order chi connectivity index (χ1) is 18.1. The highest BCUT2D eigenvalue weighted by atomic mass is 32.2. The number of amides is 1. The molecule has 3 aromatic rings. The smallest absolute Gasteiger partial charge is 0.261 e. The van der Waals surface area contributed by atoms with E-state index >= 15 is 0 Å². The predicted molar refractivity (Wildman–Crippen MR) is 148 cm³/mol. The van der Waals surface area contributed by atoms with Crippen LogP contribution in [0.3, 0.4) is 0 Å². The molecular weight excluding hydrogens is 522 g/mol. The third-order valence-electron chi connectivity index (χ3n) is 6.12. The second-order valence-electron chi connectivity index (χ2n) is 9.54. The van der Waals surface area contributed by atoms with Crippen molar-refractivity contribution in [3.05, 3.63) is 53.1 Å². The van der Waals surface area contributed by atoms with Gasteiger partial charge in [-0.2, -0.15) is 9.66 Å². The van der Waals surface area contributed by atoms with Crippen LogP contribution < -0.4 is 4.74 Å². The number of carbonyl (C=O) groups is 1. The number of benzene rings is 2. The lowest BCUT2D eigenvalue weighted by Gasteiger charge is -2.24. The van der Waals surface area contributed by atoms with Crippen LogP contribution in [-0.4, -0.2) is 61.6 Å². The van der Waals surface area contributed by atoms with Crippen molar-refractivity contribution in [2.24, 2.45) is 4.40 Å². The normalized spacial score (nSPS) is 15.3. The molecule has 0 spiro atoms. The molecule has 0 saturated carbocycles. The average molecular weight is 552 g/mol. The van der Waals surface area contributed by atoms with E-state index in [0.29, 0.717) is 16.3 Å². The predicted octanol–water partition coefficient (Wildman–Crippen LogP) is 4.44. The molecule has 1 heterocycles. The topological polar surface area (TPSA) is 126 Å². The maximum Gasteiger partial charge on any atom is 0.261 e. The van der Waals surface area contributed by atoms with Crippen LogP contribution in [0.1, 0.15) is 49.3 Å². The van der Waals surface area contributed by atoms with Gasteiger partial charge < -0.3 is 9.64 Å². The van der Waals surface area contributed by atoms with Crippen molar-refractivity contribution in [1.29, 1.82) is 5.26 Å². The van der Waals surface area contributed by atoms with Gasteiger partial charge in [-0.15, -0.1) is 10.2 Å². The third-order valence-corrected chi connectivity index (χ3v) is 8.19. The van der Waals surface area contributed by atoms with E-state index in [1.807, 2.05) is 38.1 Å². The SMILES string of the molecule is CC(C)Oc1ccc(-c2nnc(-c3cccc4c3CCCC4/C=N\S(=O)(=O)CC(=O)N(C)C)s2)cc1C#N. The summed E-state index contributed by atoms with van der Waals surface area (Å²) in [5, 5.41) is 19.8. The minimum absolute atomic E-state index is 0.0418. The number of sulfonamides is 1. The Morgan fingerprint density at radius 3 is 2.74 bits per heavy atom. The molecule has 0 fully saturated rings. The van der Waals surface area contributed by atoms with Crippen molar-refractivity contribution in [2.45, 2.75) is 45.1 Å². The van der Waals surface area contributed by atoms with E-state index < -0.39 is 21.7 Å². The Morgan fingerprint density at radius 1 is 1.26 bits per heavy atom. The number of hydrogen-bond donors (Lipinski definition) is 0. The Hall–Kier alpha value is -3.62. The largest absolute Gasteiger partial charge is 0.490 e. The molecule has 1 aliphatic rings. The maximum atomic E-state index is 12.4. The second-order valence-corrected chi connectivity index (χ2v) is 12.2. The van der Waals surface area contributed by atoms with Crippen LogP contribution in [0.5, 0.6) is 5.75 Å². The van der Waals surface area contributed by atoms with Crippen LogP contribution in [0, 0.1) is 11.3 Å². The van der Waals surface area contributed by atoms with Crippen LogP contribution in [0.4, 0.5) is 0 Å². The molecule has 9 nitrogen and oxygen atoms in total. The minimum atomic E-state index is -3.91. The number of hydrogen-bond acceptors (Lipinski definition) is 8. The van der Waals surface area contributed by atoms with Gasteiger partial charge in [-0.3, -0.25) is 4.79 Å². The molecule has 38 heavy (non-hydrogen) atoms. The summed E-state index contributed by atoms with van der Waals surface area (Å²) in [4.78, 5) is 13.1. The Bertz CT molecular complexity index is 1520. The van der Waals surface area contributed by atoms with Gasteiger partial charge in [0.2, 0.25) is 5.91 Å². The highest BCUT2D eigenvalue weighted by molar-refractivity contribution is 7.90. The zero-order valence-electron chi connectivity index (χ0n) is 21.7. The molecule has 0 radical (unpaired) electrons. The van der Waals surface area contributed by atoms with Gasteiger partial charge in [-0.25, -0.2) is 8.42 Å². The fraction of sp³-hybridized carbons (Fsp3) is 0.370. The molecule has 0 aliphatic heterocycles. The van der Waals surface area contributed by atoms with Gasteiger partial charge in [0.05, 0.1) is 11.7 Å². The number of nitriles is 1. The third kappa shape index (κ3) is 6.26. The Labute approximate surface area is 226 Å². The van der Waals surface area contributed by atoms with Gasteiger partial charge in [0.15, 0.2) is 0 Å². The lowest BCUT2D eigenvalue weighted by molar-refractivity contribution is -0.125. The van der Waals surface area contributed by atoms with Gasteiger partial charge >= 0.3 is 0 Å². The van der Waals surface area contributed by atoms with Crippen LogP contribution in [0.15, 0.2) is 40.8 Å². The van der Waals surface area contributed by atoms with E-state index in [-0.39, 0.29) is 12.0 Å². The minimum Gasteiger partial charge on any atom is -0.490 e. The Morgan fingerprint density at radius 2 is 2.03 bits per heavy atom. The molecule has 2 aromatic carbocycles. The molecule has 1 amide bonds. The molecule has 1 atom stereocenters. The monoisotopic (exact) mass is 551 g/mol. The van der Waals surface area contributed by atoms with Crippen molar-refractivity contribution < 1.29 is 17.9 Å². The lowest BCUT2D eigenvalue weighted by Crippen LogP contribution is -2.28. The summed E-state index contributed by atoms with van der Waals surface area (Å²) in [5.41, 5.74) is 4.28. The molecule has 198 valence electrons. The zero-order valence-corrected chi connectivity index (χ0v) is 23.3. The quantitative estimate of drug-likeness (QED) is 0.379. The summed E-state index contributed by atoms with van der Waals surface area (Å²) in [7, 11) is -0.883. The van der Waals surface area contributed by atoms with Crippen LogP contribution in [0.2, 0.25) is 0 Å². The standard InChI is InChI=1S/C27H29N5O4S2/c1-17(2)36-24-12-11-18(13-20(24)14-28)26-30-31-27(37-26)23-10-6-8-21-19(7-5-9-22(21)23)15-29-38(34,35)16-25(33)32(3)4/h6,8,10-13,15,17,19H,5,7,9,16H2,1-4H3/b29-15-. The fourth-order valence-electron chi connectivity index (χ4n) is 4.28. The van der Waals surface area contributed by atoms with Crippen molar-refractivity contribution in [3.8, 4) is 33.0 Å². The van der Waals surface area contributed by atoms with Gasteiger partial charge in [-0.1, -0.05) is 29.5 Å². The van der Waals surface area contributed by atoms with Crippen LogP contribution in [0.25, 0.3) is 21.1 Å². The molecule has 1 unspecified atom stereocenters. The molecule has 1 aliphatic carbocycles. The van der Waals surface area contributed by atoms with Crippen LogP contribution in [-0.2, 0) is 21.2 Å². The maximum absolute atomic E-state index is 12.4. The van der Waals surface area contributed by atoms with Crippen molar-refractivity contribution in [2.75, 3.05) is 19.8 Å². The summed E-state index contributed by atoms with van der Waals surface area (Å²) in [6.45, 7) is 3.82. The zero-order chi connectivity index (χ0) is 27.4. The summed E-state index contributed by atoms with van der Waals surface area (Å²) < 4.78 is 34.3. The molecular formula is C27H29N5O4S2. The number of aromatic nitrogens is 2. The number of nitrogens with zero attached hydrogens (tertiary/aromatic N) is 5. The lowest BCUT2D eigenvalue weighted by atomic mass is 9.81. The number of carbonyl (C=O) groups excluding carboxylic acids is 1. The van der Waals surface area contributed by atoms with Gasteiger partial charge in [-0.05, 0) is 62.4 Å². The van der Waals surface area contributed by atoms with E-state index in [9.17, 15) is 18.5 Å². The summed E-state index contributed by atoms with van der Waals surface area (Å²) in [5.74, 6) is -0.803. The Kier molecular flexibility index (Phi) is 8.23. The summed E-state index contributed by atoms with van der Waals surface area (Å²) in [6.07, 6.45) is 3.87. The fourth-order valence-corrected chi connectivity index (χ4v) is 6.15.